The standard InChI is InChI=1S/C35H43N3O7S/c1-5-8-11-20-44-28-19-14-24(21-29(28)42-6-2)22-36-38-32(39)23(4)45-26-17-15-25(16-18-26)33(40)37-34-31(35(41)43-7-3)27-12-9-10-13-30(27)46-34/h14-19,21-23H,5-13,20H2,1-4H3,(H,37,40)(H,38,39)/b36-22-/t23-/m0/s1. The van der Waals surface area contributed by atoms with E-state index in [-0.39, 0.29) is 12.5 Å². The number of hydrogen-bond acceptors (Lipinski definition) is 9. The minimum Gasteiger partial charge on any atom is -0.490 e. The highest BCUT2D eigenvalue weighted by atomic mass is 32.1. The maximum atomic E-state index is 13.1. The van der Waals surface area contributed by atoms with Gasteiger partial charge in [-0.05, 0) is 106 Å². The lowest BCUT2D eigenvalue weighted by atomic mass is 9.95. The predicted octanol–water partition coefficient (Wildman–Crippen LogP) is 6.94. The number of nitrogens with zero attached hydrogens (tertiary/aromatic N) is 1. The smallest absolute Gasteiger partial charge is 0.341 e. The van der Waals surface area contributed by atoms with Crippen molar-refractivity contribution in [2.45, 2.75) is 78.7 Å². The van der Waals surface area contributed by atoms with E-state index in [9.17, 15) is 14.4 Å². The molecule has 0 spiro atoms. The Morgan fingerprint density at radius 2 is 1.74 bits per heavy atom. The van der Waals surface area contributed by atoms with Crippen LogP contribution in [0.2, 0.25) is 0 Å². The molecule has 0 fully saturated rings. The number of ether oxygens (including phenoxy) is 4. The van der Waals surface area contributed by atoms with Gasteiger partial charge >= 0.3 is 5.97 Å². The number of thiophene rings is 1. The molecule has 246 valence electrons. The Labute approximate surface area is 274 Å². The molecular formula is C35H43N3O7S. The maximum Gasteiger partial charge on any atom is 0.341 e. The van der Waals surface area contributed by atoms with Gasteiger partial charge in [0, 0.05) is 10.4 Å². The summed E-state index contributed by atoms with van der Waals surface area (Å²) >= 11 is 1.44. The molecule has 0 saturated heterocycles. The molecule has 1 aliphatic carbocycles. The molecule has 1 aliphatic rings. The lowest BCUT2D eigenvalue weighted by molar-refractivity contribution is -0.127. The summed E-state index contributed by atoms with van der Waals surface area (Å²) in [6, 6.07) is 12.0. The van der Waals surface area contributed by atoms with E-state index in [1.54, 1.807) is 38.1 Å². The quantitative estimate of drug-likeness (QED) is 0.0745. The van der Waals surface area contributed by atoms with E-state index in [2.05, 4.69) is 22.8 Å². The molecule has 2 aromatic carbocycles. The third-order valence-corrected chi connectivity index (χ3v) is 8.55. The highest BCUT2D eigenvalue weighted by Gasteiger charge is 2.27. The number of anilines is 1. The summed E-state index contributed by atoms with van der Waals surface area (Å²) < 4.78 is 22.6. The monoisotopic (exact) mass is 649 g/mol. The second kappa shape index (κ2) is 17.4. The molecule has 0 unspecified atom stereocenters. The minimum absolute atomic E-state index is 0.263. The summed E-state index contributed by atoms with van der Waals surface area (Å²) in [4.78, 5) is 39.6. The summed E-state index contributed by atoms with van der Waals surface area (Å²) in [6.07, 6.45) is 7.65. The van der Waals surface area contributed by atoms with Crippen LogP contribution in [0.15, 0.2) is 47.6 Å². The van der Waals surface area contributed by atoms with E-state index in [0.717, 1.165) is 60.9 Å². The summed E-state index contributed by atoms with van der Waals surface area (Å²) in [5.74, 6) is 0.520. The lowest BCUT2D eigenvalue weighted by Gasteiger charge is -2.14. The molecule has 0 aliphatic heterocycles. The van der Waals surface area contributed by atoms with Gasteiger partial charge in [0.2, 0.25) is 0 Å². The first-order chi connectivity index (χ1) is 22.3. The van der Waals surface area contributed by atoms with Gasteiger partial charge in [0.1, 0.15) is 10.8 Å². The van der Waals surface area contributed by atoms with Gasteiger partial charge in [-0.25, -0.2) is 10.2 Å². The molecule has 4 rings (SSSR count). The summed E-state index contributed by atoms with van der Waals surface area (Å²) in [5.41, 5.74) is 5.08. The Morgan fingerprint density at radius 3 is 2.48 bits per heavy atom. The zero-order valence-corrected chi connectivity index (χ0v) is 27.8. The van der Waals surface area contributed by atoms with E-state index < -0.39 is 18.0 Å². The molecule has 1 heterocycles. The average molecular weight is 650 g/mol. The van der Waals surface area contributed by atoms with Crippen LogP contribution in [0.3, 0.4) is 0 Å². The number of carbonyl (C=O) groups excluding carboxylic acids is 3. The Balaban J connectivity index is 1.31. The van der Waals surface area contributed by atoms with Crippen LogP contribution >= 0.6 is 11.3 Å². The van der Waals surface area contributed by atoms with Crippen molar-refractivity contribution in [1.82, 2.24) is 5.43 Å². The van der Waals surface area contributed by atoms with E-state index in [0.29, 0.717) is 46.6 Å². The number of unbranched alkanes of at least 4 members (excludes halogenated alkanes) is 2. The van der Waals surface area contributed by atoms with Gasteiger partial charge in [0.25, 0.3) is 11.8 Å². The Kier molecular flexibility index (Phi) is 13.0. The highest BCUT2D eigenvalue weighted by Crippen LogP contribution is 2.39. The van der Waals surface area contributed by atoms with E-state index in [1.165, 1.54) is 17.6 Å². The van der Waals surface area contributed by atoms with E-state index in [1.807, 2.05) is 25.1 Å². The van der Waals surface area contributed by atoms with Gasteiger partial charge < -0.3 is 24.3 Å². The van der Waals surface area contributed by atoms with Gasteiger partial charge in [-0.1, -0.05) is 19.8 Å². The summed E-state index contributed by atoms with van der Waals surface area (Å²) in [5, 5.41) is 7.49. The fourth-order valence-corrected chi connectivity index (χ4v) is 6.25. The van der Waals surface area contributed by atoms with Crippen molar-refractivity contribution in [3.8, 4) is 17.2 Å². The summed E-state index contributed by atoms with van der Waals surface area (Å²) in [7, 11) is 0. The number of benzene rings is 2. The average Bonchev–Trinajstić information content (AvgIpc) is 3.42. The Morgan fingerprint density at radius 1 is 0.957 bits per heavy atom. The first-order valence-electron chi connectivity index (χ1n) is 16.0. The van der Waals surface area contributed by atoms with Crippen LogP contribution in [0, 0.1) is 0 Å². The van der Waals surface area contributed by atoms with Crippen LogP contribution in [0.1, 0.15) is 96.5 Å². The van der Waals surface area contributed by atoms with E-state index >= 15 is 0 Å². The number of fused-ring (bicyclic) bond motifs is 1. The first-order valence-corrected chi connectivity index (χ1v) is 16.8. The molecule has 0 bridgehead atoms. The topological polar surface area (TPSA) is 125 Å². The van der Waals surface area contributed by atoms with Gasteiger partial charge in [-0.15, -0.1) is 11.3 Å². The van der Waals surface area contributed by atoms with E-state index in [4.69, 9.17) is 18.9 Å². The number of esters is 1. The van der Waals surface area contributed by atoms with Crippen molar-refractivity contribution in [3.05, 3.63) is 69.6 Å². The van der Waals surface area contributed by atoms with Gasteiger partial charge in [0.15, 0.2) is 17.6 Å². The number of hydrazone groups is 1. The third-order valence-electron chi connectivity index (χ3n) is 7.34. The molecule has 2 N–H and O–H groups in total. The number of hydrogen-bond donors (Lipinski definition) is 2. The predicted molar refractivity (Wildman–Crippen MR) is 180 cm³/mol. The normalized spacial score (nSPS) is 13.0. The third kappa shape index (κ3) is 9.32. The summed E-state index contributed by atoms with van der Waals surface area (Å²) in [6.45, 7) is 8.81. The van der Waals surface area contributed by atoms with Gasteiger partial charge in [0.05, 0.1) is 31.6 Å². The number of amides is 2. The number of nitrogens with one attached hydrogen (secondary N) is 2. The van der Waals surface area contributed by atoms with Crippen molar-refractivity contribution in [2.75, 3.05) is 25.1 Å². The molecule has 3 aromatic rings. The molecular weight excluding hydrogens is 606 g/mol. The number of rotatable bonds is 16. The second-order valence-corrected chi connectivity index (χ2v) is 11.9. The molecule has 0 saturated carbocycles. The van der Waals surface area contributed by atoms with Gasteiger partial charge in [-0.3, -0.25) is 9.59 Å². The highest BCUT2D eigenvalue weighted by molar-refractivity contribution is 7.17. The zero-order valence-electron chi connectivity index (χ0n) is 27.0. The van der Waals surface area contributed by atoms with Crippen LogP contribution in [-0.2, 0) is 22.4 Å². The van der Waals surface area contributed by atoms with Crippen LogP contribution in [-0.4, -0.2) is 49.9 Å². The van der Waals surface area contributed by atoms with Crippen molar-refractivity contribution in [1.29, 1.82) is 0 Å². The molecule has 0 radical (unpaired) electrons. The van der Waals surface area contributed by atoms with Crippen molar-refractivity contribution < 1.29 is 33.3 Å². The maximum absolute atomic E-state index is 13.1. The molecule has 10 nitrogen and oxygen atoms in total. The SMILES string of the molecule is CCCCCOc1ccc(/C=N\NC(=O)[C@H](C)Oc2ccc(C(=O)Nc3sc4c(c3C(=O)OCC)CCCC4)cc2)cc1OCC. The largest absolute Gasteiger partial charge is 0.490 e. The van der Waals surface area contributed by atoms with Gasteiger partial charge in [-0.2, -0.15) is 5.10 Å². The molecule has 11 heteroatoms. The molecule has 46 heavy (non-hydrogen) atoms. The van der Waals surface area contributed by atoms with Crippen molar-refractivity contribution in [3.63, 3.8) is 0 Å². The second-order valence-electron chi connectivity index (χ2n) is 10.8. The fraction of sp³-hybridized carbons (Fsp3) is 0.429. The van der Waals surface area contributed by atoms with Crippen LogP contribution in [0.25, 0.3) is 0 Å². The molecule has 1 aromatic heterocycles. The first kappa shape index (κ1) is 34.5. The number of carbonyl (C=O) groups is 3. The minimum atomic E-state index is -0.848. The van der Waals surface area contributed by atoms with Crippen molar-refractivity contribution >= 4 is 40.3 Å². The van der Waals surface area contributed by atoms with Crippen LogP contribution in [0.4, 0.5) is 5.00 Å². The Bertz CT molecular complexity index is 1520. The number of aryl methyl sites for hydroxylation is 1. The van der Waals surface area contributed by atoms with Crippen LogP contribution < -0.4 is 25.0 Å². The van der Waals surface area contributed by atoms with Crippen molar-refractivity contribution in [2.24, 2.45) is 5.10 Å². The fourth-order valence-electron chi connectivity index (χ4n) is 4.98. The van der Waals surface area contributed by atoms with Crippen LogP contribution in [0.5, 0.6) is 17.2 Å². The Hall–Kier alpha value is -4.38. The lowest BCUT2D eigenvalue weighted by Crippen LogP contribution is -2.33. The molecule has 1 atom stereocenters. The molecule has 2 amide bonds. The zero-order chi connectivity index (χ0) is 32.9.